The molecule has 2 heterocycles. The average molecular weight is 188 g/mol. The molecule has 0 saturated carbocycles. The second kappa shape index (κ2) is 2.84. The lowest BCUT2D eigenvalue weighted by atomic mass is 9.93. The standard InChI is InChI=1S/C12H16N2/c1-9-5-6-11-13-10(12(2,3)4)8-14(11)7-9/h5-8H,1-4H3. The lowest BCUT2D eigenvalue weighted by Crippen LogP contribution is -2.11. The van der Waals surface area contributed by atoms with E-state index in [0.717, 1.165) is 11.3 Å². The molecule has 0 N–H and O–H groups in total. The summed E-state index contributed by atoms with van der Waals surface area (Å²) in [5.41, 5.74) is 3.55. The van der Waals surface area contributed by atoms with Crippen LogP contribution < -0.4 is 0 Å². The minimum absolute atomic E-state index is 0.125. The van der Waals surface area contributed by atoms with Gasteiger partial charge in [-0.05, 0) is 18.6 Å². The summed E-state index contributed by atoms with van der Waals surface area (Å²) in [5.74, 6) is 0. The van der Waals surface area contributed by atoms with Gasteiger partial charge in [0.05, 0.1) is 5.69 Å². The average Bonchev–Trinajstić information content (AvgIpc) is 2.45. The number of imidazole rings is 1. The van der Waals surface area contributed by atoms with E-state index in [1.165, 1.54) is 5.56 Å². The molecule has 0 spiro atoms. The van der Waals surface area contributed by atoms with Gasteiger partial charge in [-0.3, -0.25) is 0 Å². The van der Waals surface area contributed by atoms with E-state index in [1.54, 1.807) is 0 Å². The lowest BCUT2D eigenvalue weighted by molar-refractivity contribution is 0.573. The predicted octanol–water partition coefficient (Wildman–Crippen LogP) is 2.94. The zero-order chi connectivity index (χ0) is 10.3. The van der Waals surface area contributed by atoms with Crippen LogP contribution in [-0.2, 0) is 5.41 Å². The van der Waals surface area contributed by atoms with E-state index in [0.29, 0.717) is 0 Å². The summed E-state index contributed by atoms with van der Waals surface area (Å²) in [6, 6.07) is 4.15. The molecule has 0 unspecified atom stereocenters. The first-order valence-electron chi connectivity index (χ1n) is 4.93. The maximum atomic E-state index is 4.59. The Balaban J connectivity index is 2.63. The third-order valence-corrected chi connectivity index (χ3v) is 2.37. The maximum Gasteiger partial charge on any atom is 0.137 e. The van der Waals surface area contributed by atoms with Crippen LogP contribution in [0.5, 0.6) is 0 Å². The molecule has 0 saturated heterocycles. The van der Waals surface area contributed by atoms with Gasteiger partial charge in [-0.25, -0.2) is 4.98 Å². The normalized spacial score (nSPS) is 12.3. The topological polar surface area (TPSA) is 17.3 Å². The molecule has 2 heteroatoms. The third-order valence-electron chi connectivity index (χ3n) is 2.37. The van der Waals surface area contributed by atoms with Gasteiger partial charge in [0.2, 0.25) is 0 Å². The fourth-order valence-corrected chi connectivity index (χ4v) is 1.46. The molecule has 2 aromatic rings. The minimum Gasteiger partial charge on any atom is -0.307 e. The highest BCUT2D eigenvalue weighted by molar-refractivity contribution is 5.42. The Bertz CT molecular complexity index is 461. The van der Waals surface area contributed by atoms with E-state index < -0.39 is 0 Å². The van der Waals surface area contributed by atoms with Gasteiger partial charge in [0.1, 0.15) is 5.65 Å². The van der Waals surface area contributed by atoms with E-state index in [4.69, 9.17) is 0 Å². The number of rotatable bonds is 0. The number of hydrogen-bond acceptors (Lipinski definition) is 1. The van der Waals surface area contributed by atoms with Gasteiger partial charge in [-0.15, -0.1) is 0 Å². The van der Waals surface area contributed by atoms with E-state index in [9.17, 15) is 0 Å². The summed E-state index contributed by atoms with van der Waals surface area (Å²) in [6.45, 7) is 8.64. The monoisotopic (exact) mass is 188 g/mol. The maximum absolute atomic E-state index is 4.59. The third kappa shape index (κ3) is 1.52. The second-order valence-corrected chi connectivity index (χ2v) is 4.85. The van der Waals surface area contributed by atoms with E-state index in [1.807, 2.05) is 0 Å². The summed E-state index contributed by atoms with van der Waals surface area (Å²) in [5, 5.41) is 0. The van der Waals surface area contributed by atoms with E-state index in [2.05, 4.69) is 61.6 Å². The van der Waals surface area contributed by atoms with E-state index >= 15 is 0 Å². The van der Waals surface area contributed by atoms with Crippen LogP contribution in [0, 0.1) is 6.92 Å². The molecular formula is C12H16N2. The highest BCUT2D eigenvalue weighted by Crippen LogP contribution is 2.21. The summed E-state index contributed by atoms with van der Waals surface area (Å²) >= 11 is 0. The molecule has 74 valence electrons. The van der Waals surface area contributed by atoms with Crippen molar-refractivity contribution in [1.29, 1.82) is 0 Å². The molecule has 0 atom stereocenters. The number of aryl methyl sites for hydroxylation is 1. The van der Waals surface area contributed by atoms with Gasteiger partial charge >= 0.3 is 0 Å². The van der Waals surface area contributed by atoms with Crippen LogP contribution in [-0.4, -0.2) is 9.38 Å². The lowest BCUT2D eigenvalue weighted by Gasteiger charge is -2.13. The molecule has 0 amide bonds. The molecule has 0 radical (unpaired) electrons. The fourth-order valence-electron chi connectivity index (χ4n) is 1.46. The highest BCUT2D eigenvalue weighted by atomic mass is 15.0. The van der Waals surface area contributed by atoms with Crippen molar-refractivity contribution in [2.24, 2.45) is 0 Å². The molecule has 2 aromatic heterocycles. The predicted molar refractivity (Wildman–Crippen MR) is 58.6 cm³/mol. The largest absolute Gasteiger partial charge is 0.307 e. The number of aromatic nitrogens is 2. The molecule has 0 aliphatic carbocycles. The molecular weight excluding hydrogens is 172 g/mol. The first-order valence-corrected chi connectivity index (χ1v) is 4.93. The zero-order valence-electron chi connectivity index (χ0n) is 9.20. The van der Waals surface area contributed by atoms with E-state index in [-0.39, 0.29) is 5.41 Å². The molecule has 2 nitrogen and oxygen atoms in total. The summed E-state index contributed by atoms with van der Waals surface area (Å²) in [6.07, 6.45) is 4.22. The van der Waals surface area contributed by atoms with Crippen molar-refractivity contribution in [1.82, 2.24) is 9.38 Å². The van der Waals surface area contributed by atoms with Gasteiger partial charge in [0, 0.05) is 17.8 Å². The number of pyridine rings is 1. The first-order chi connectivity index (χ1) is 6.47. The van der Waals surface area contributed by atoms with Gasteiger partial charge in [-0.2, -0.15) is 0 Å². The molecule has 0 fully saturated rings. The van der Waals surface area contributed by atoms with Crippen LogP contribution in [0.25, 0.3) is 5.65 Å². The van der Waals surface area contributed by atoms with Crippen LogP contribution in [0.1, 0.15) is 32.0 Å². The van der Waals surface area contributed by atoms with Crippen molar-refractivity contribution < 1.29 is 0 Å². The summed E-state index contributed by atoms with van der Waals surface area (Å²) in [4.78, 5) is 4.59. The molecule has 0 bridgehead atoms. The Labute approximate surface area is 84.6 Å². The van der Waals surface area contributed by atoms with Crippen LogP contribution in [0.2, 0.25) is 0 Å². The SMILES string of the molecule is Cc1ccc2nc(C(C)(C)C)cn2c1. The first kappa shape index (κ1) is 9.25. The van der Waals surface area contributed by atoms with Gasteiger partial charge < -0.3 is 4.40 Å². The van der Waals surface area contributed by atoms with Crippen molar-refractivity contribution >= 4 is 5.65 Å². The molecule has 14 heavy (non-hydrogen) atoms. The smallest absolute Gasteiger partial charge is 0.137 e. The van der Waals surface area contributed by atoms with Crippen molar-refractivity contribution in [2.75, 3.05) is 0 Å². The quantitative estimate of drug-likeness (QED) is 0.621. The van der Waals surface area contributed by atoms with Crippen LogP contribution in [0.4, 0.5) is 0 Å². The van der Waals surface area contributed by atoms with Crippen LogP contribution >= 0.6 is 0 Å². The van der Waals surface area contributed by atoms with Crippen molar-refractivity contribution in [3.8, 4) is 0 Å². The highest BCUT2D eigenvalue weighted by Gasteiger charge is 2.17. The van der Waals surface area contributed by atoms with Crippen molar-refractivity contribution in [2.45, 2.75) is 33.1 Å². The number of hydrogen-bond donors (Lipinski definition) is 0. The fraction of sp³-hybridized carbons (Fsp3) is 0.417. The van der Waals surface area contributed by atoms with Crippen LogP contribution in [0.15, 0.2) is 24.5 Å². The second-order valence-electron chi connectivity index (χ2n) is 4.85. The van der Waals surface area contributed by atoms with Crippen molar-refractivity contribution in [3.63, 3.8) is 0 Å². The molecule has 0 aliphatic heterocycles. The number of nitrogens with zero attached hydrogens (tertiary/aromatic N) is 2. The zero-order valence-corrected chi connectivity index (χ0v) is 9.20. The Kier molecular flexibility index (Phi) is 1.88. The molecule has 2 rings (SSSR count). The Morgan fingerprint density at radius 3 is 2.50 bits per heavy atom. The van der Waals surface area contributed by atoms with Crippen molar-refractivity contribution in [3.05, 3.63) is 35.8 Å². The minimum atomic E-state index is 0.125. The Morgan fingerprint density at radius 1 is 1.14 bits per heavy atom. The number of fused-ring (bicyclic) bond motifs is 1. The van der Waals surface area contributed by atoms with Crippen LogP contribution in [0.3, 0.4) is 0 Å². The molecule has 0 aromatic carbocycles. The summed E-state index contributed by atoms with van der Waals surface area (Å²) < 4.78 is 2.09. The Morgan fingerprint density at radius 2 is 1.86 bits per heavy atom. The Hall–Kier alpha value is -1.31. The van der Waals surface area contributed by atoms with Gasteiger partial charge in [0.25, 0.3) is 0 Å². The van der Waals surface area contributed by atoms with Gasteiger partial charge in [-0.1, -0.05) is 26.8 Å². The van der Waals surface area contributed by atoms with Gasteiger partial charge in [0.15, 0.2) is 0 Å². The molecule has 0 aliphatic rings. The summed E-state index contributed by atoms with van der Waals surface area (Å²) in [7, 11) is 0.